The first-order chi connectivity index (χ1) is 7.50. The maximum Gasteiger partial charge on any atom is 0.171 e. The van der Waals surface area contributed by atoms with E-state index in [1.165, 1.54) is 0 Å². The molecule has 0 spiro atoms. The number of thiocarbonyl (C=S) groups is 1. The summed E-state index contributed by atoms with van der Waals surface area (Å²) in [5.41, 5.74) is 1.69. The van der Waals surface area contributed by atoms with Crippen LogP contribution in [-0.2, 0) is 0 Å². The average Bonchev–Trinajstić information content (AvgIpc) is 2.22. The first kappa shape index (κ1) is 13.3. The van der Waals surface area contributed by atoms with E-state index in [1.807, 2.05) is 13.0 Å². The van der Waals surface area contributed by atoms with Gasteiger partial charge in [-0.25, -0.2) is 0 Å². The van der Waals surface area contributed by atoms with E-state index >= 15 is 0 Å². The summed E-state index contributed by atoms with van der Waals surface area (Å²) in [4.78, 5) is 0. The quantitative estimate of drug-likeness (QED) is 0.647. The van der Waals surface area contributed by atoms with Crippen molar-refractivity contribution in [2.75, 3.05) is 11.9 Å². The zero-order valence-corrected chi connectivity index (χ0v) is 11.1. The molecule has 0 amide bonds. The fourth-order valence-corrected chi connectivity index (χ4v) is 1.53. The number of benzene rings is 1. The number of hydrogen-bond acceptors (Lipinski definition) is 1. The fourth-order valence-electron chi connectivity index (χ4n) is 0.998. The summed E-state index contributed by atoms with van der Waals surface area (Å²) in [5, 5.41) is 7.41. The highest BCUT2D eigenvalue weighted by atomic mass is 35.5. The lowest BCUT2D eigenvalue weighted by Gasteiger charge is -2.12. The second kappa shape index (κ2) is 6.09. The summed E-state index contributed by atoms with van der Waals surface area (Å²) < 4.78 is 0. The lowest BCUT2D eigenvalue weighted by atomic mass is 10.3. The third-order valence-electron chi connectivity index (χ3n) is 1.75. The van der Waals surface area contributed by atoms with Gasteiger partial charge in [0.25, 0.3) is 0 Å². The number of halogens is 2. The first-order valence-electron chi connectivity index (χ1n) is 4.64. The molecule has 0 unspecified atom stereocenters. The molecule has 0 aromatic heterocycles. The van der Waals surface area contributed by atoms with Crippen molar-refractivity contribution in [2.45, 2.75) is 6.92 Å². The Hall–Kier alpha value is -0.770. The summed E-state index contributed by atoms with van der Waals surface area (Å²) in [6, 6.07) is 5.33. The Kier molecular flexibility index (Phi) is 5.06. The van der Waals surface area contributed by atoms with E-state index in [4.69, 9.17) is 35.4 Å². The largest absolute Gasteiger partial charge is 0.359 e. The van der Waals surface area contributed by atoms with E-state index < -0.39 is 0 Å². The Morgan fingerprint density at radius 1 is 1.44 bits per heavy atom. The molecule has 0 aliphatic heterocycles. The Morgan fingerprint density at radius 2 is 2.12 bits per heavy atom. The SMILES string of the molecule is C=C(C)CNC(=S)Nc1cccc(Cl)c1Cl. The monoisotopic (exact) mass is 274 g/mol. The molecule has 0 fully saturated rings. The van der Waals surface area contributed by atoms with Gasteiger partial charge in [0, 0.05) is 6.54 Å². The highest BCUT2D eigenvalue weighted by Crippen LogP contribution is 2.29. The van der Waals surface area contributed by atoms with Gasteiger partial charge in [-0.2, -0.15) is 0 Å². The second-order valence-corrected chi connectivity index (χ2v) is 4.56. The number of hydrogen-bond donors (Lipinski definition) is 2. The molecule has 16 heavy (non-hydrogen) atoms. The van der Waals surface area contributed by atoms with Crippen LogP contribution in [0, 0.1) is 0 Å². The van der Waals surface area contributed by atoms with Crippen molar-refractivity contribution in [2.24, 2.45) is 0 Å². The molecule has 0 bridgehead atoms. The van der Waals surface area contributed by atoms with Crippen molar-refractivity contribution in [3.63, 3.8) is 0 Å². The lowest BCUT2D eigenvalue weighted by molar-refractivity contribution is 1.000. The van der Waals surface area contributed by atoms with Gasteiger partial charge < -0.3 is 10.6 Å². The molecule has 2 nitrogen and oxygen atoms in total. The second-order valence-electron chi connectivity index (χ2n) is 3.37. The third-order valence-corrected chi connectivity index (χ3v) is 2.82. The van der Waals surface area contributed by atoms with Gasteiger partial charge >= 0.3 is 0 Å². The first-order valence-corrected chi connectivity index (χ1v) is 5.80. The van der Waals surface area contributed by atoms with E-state index in [0.29, 0.717) is 27.4 Å². The topological polar surface area (TPSA) is 24.1 Å². The predicted molar refractivity (Wildman–Crippen MR) is 75.5 cm³/mol. The van der Waals surface area contributed by atoms with Crippen LogP contribution in [0.4, 0.5) is 5.69 Å². The molecule has 2 N–H and O–H groups in total. The summed E-state index contributed by atoms with van der Waals surface area (Å²) in [5.74, 6) is 0. The van der Waals surface area contributed by atoms with Crippen LogP contribution < -0.4 is 10.6 Å². The van der Waals surface area contributed by atoms with Gasteiger partial charge in [-0.15, -0.1) is 0 Å². The van der Waals surface area contributed by atoms with Gasteiger partial charge in [0.05, 0.1) is 15.7 Å². The highest BCUT2D eigenvalue weighted by Gasteiger charge is 2.05. The molecule has 0 heterocycles. The van der Waals surface area contributed by atoms with Gasteiger partial charge in [0.2, 0.25) is 0 Å². The normalized spacial score (nSPS) is 9.69. The fraction of sp³-hybridized carbons (Fsp3) is 0.182. The minimum Gasteiger partial charge on any atom is -0.359 e. The Bertz CT molecular complexity index is 418. The molecule has 0 radical (unpaired) electrons. The van der Waals surface area contributed by atoms with Crippen molar-refractivity contribution >= 4 is 46.2 Å². The maximum atomic E-state index is 6.00. The highest BCUT2D eigenvalue weighted by molar-refractivity contribution is 7.80. The molecule has 1 aromatic carbocycles. The van der Waals surface area contributed by atoms with Crippen LogP contribution in [-0.4, -0.2) is 11.7 Å². The van der Waals surface area contributed by atoms with Gasteiger partial charge in [-0.1, -0.05) is 41.4 Å². The van der Waals surface area contributed by atoms with Crippen LogP contribution in [0.25, 0.3) is 0 Å². The van der Waals surface area contributed by atoms with Crippen molar-refractivity contribution in [3.05, 3.63) is 40.4 Å². The molecule has 0 aliphatic rings. The molecule has 0 aliphatic carbocycles. The smallest absolute Gasteiger partial charge is 0.171 e. The van der Waals surface area contributed by atoms with Crippen molar-refractivity contribution in [1.29, 1.82) is 0 Å². The van der Waals surface area contributed by atoms with Crippen LogP contribution in [0.1, 0.15) is 6.92 Å². The Morgan fingerprint density at radius 3 is 2.75 bits per heavy atom. The zero-order valence-electron chi connectivity index (χ0n) is 8.81. The Labute approximate surface area is 111 Å². The van der Waals surface area contributed by atoms with Crippen molar-refractivity contribution in [1.82, 2.24) is 5.32 Å². The number of nitrogens with one attached hydrogen (secondary N) is 2. The van der Waals surface area contributed by atoms with E-state index in [0.717, 1.165) is 5.57 Å². The molecular formula is C11H12Cl2N2S. The lowest BCUT2D eigenvalue weighted by Crippen LogP contribution is -2.29. The predicted octanol–water partition coefficient (Wildman–Crippen LogP) is 3.86. The molecule has 0 atom stereocenters. The average molecular weight is 275 g/mol. The molecule has 86 valence electrons. The summed E-state index contributed by atoms with van der Waals surface area (Å²) >= 11 is 17.0. The number of anilines is 1. The van der Waals surface area contributed by atoms with Crippen LogP contribution in [0.5, 0.6) is 0 Å². The van der Waals surface area contributed by atoms with Crippen molar-refractivity contribution in [3.8, 4) is 0 Å². The van der Waals surface area contributed by atoms with Crippen LogP contribution in [0.15, 0.2) is 30.4 Å². The summed E-state index contributed by atoms with van der Waals surface area (Å²) in [6.07, 6.45) is 0. The van der Waals surface area contributed by atoms with Crippen molar-refractivity contribution < 1.29 is 0 Å². The van der Waals surface area contributed by atoms with E-state index in [-0.39, 0.29) is 0 Å². The molecule has 1 aromatic rings. The molecule has 0 saturated carbocycles. The van der Waals surface area contributed by atoms with E-state index in [2.05, 4.69) is 17.2 Å². The Balaban J connectivity index is 2.63. The van der Waals surface area contributed by atoms with Crippen LogP contribution in [0.3, 0.4) is 0 Å². The van der Waals surface area contributed by atoms with Gasteiger partial charge in [-0.3, -0.25) is 0 Å². The summed E-state index contributed by atoms with van der Waals surface area (Å²) in [7, 11) is 0. The maximum absolute atomic E-state index is 6.00. The zero-order chi connectivity index (χ0) is 12.1. The van der Waals surface area contributed by atoms with Gasteiger partial charge in [0.1, 0.15) is 0 Å². The van der Waals surface area contributed by atoms with Crippen LogP contribution in [0.2, 0.25) is 10.0 Å². The molecular weight excluding hydrogens is 263 g/mol. The van der Waals surface area contributed by atoms with Gasteiger partial charge in [0.15, 0.2) is 5.11 Å². The standard InChI is InChI=1S/C11H12Cl2N2S/c1-7(2)6-14-11(16)15-9-5-3-4-8(12)10(9)13/h3-5H,1,6H2,2H3,(H2,14,15,16). The summed E-state index contributed by atoms with van der Waals surface area (Å²) in [6.45, 7) is 6.32. The number of rotatable bonds is 3. The minimum absolute atomic E-state index is 0.462. The van der Waals surface area contributed by atoms with E-state index in [1.54, 1.807) is 12.1 Å². The molecule has 5 heteroatoms. The van der Waals surface area contributed by atoms with E-state index in [9.17, 15) is 0 Å². The third kappa shape index (κ3) is 4.00. The minimum atomic E-state index is 0.462. The molecule has 1 rings (SSSR count). The van der Waals surface area contributed by atoms with Crippen LogP contribution >= 0.6 is 35.4 Å². The van der Waals surface area contributed by atoms with Gasteiger partial charge in [-0.05, 0) is 31.3 Å². The molecule has 0 saturated heterocycles.